The fourth-order valence-corrected chi connectivity index (χ4v) is 4.01. The molecule has 0 radical (unpaired) electrons. The predicted molar refractivity (Wildman–Crippen MR) is 137 cm³/mol. The Bertz CT molecular complexity index is 996. The van der Waals surface area contributed by atoms with Crippen LogP contribution in [-0.4, -0.2) is 37.6 Å². The first-order valence-electron chi connectivity index (χ1n) is 11.7. The van der Waals surface area contributed by atoms with Gasteiger partial charge < -0.3 is 14.5 Å². The zero-order valence-corrected chi connectivity index (χ0v) is 20.5. The molecule has 0 spiro atoms. The van der Waals surface area contributed by atoms with Crippen LogP contribution in [0.25, 0.3) is 0 Å². The van der Waals surface area contributed by atoms with Gasteiger partial charge >= 0.3 is 0 Å². The van der Waals surface area contributed by atoms with Gasteiger partial charge in [0, 0.05) is 45.7 Å². The standard InChI is InChI=1S/C29H36N2O2/c1-22(2)33-28-17-13-26(14-18-28)29(25-9-7-6-8-10-25)19-20-31(23(3)32)21-24-11-15-27(16-12-24)30(4)5/h6-18,22,29H,19-21H2,1-5H3/t29-/m1/s1. The third-order valence-corrected chi connectivity index (χ3v) is 5.82. The zero-order valence-electron chi connectivity index (χ0n) is 20.5. The van der Waals surface area contributed by atoms with E-state index in [4.69, 9.17) is 4.74 Å². The molecule has 4 heteroatoms. The first-order chi connectivity index (χ1) is 15.8. The van der Waals surface area contributed by atoms with Gasteiger partial charge in [0.15, 0.2) is 0 Å². The molecular weight excluding hydrogens is 408 g/mol. The average molecular weight is 445 g/mol. The van der Waals surface area contributed by atoms with Gasteiger partial charge in [-0.2, -0.15) is 0 Å². The molecule has 3 rings (SSSR count). The molecule has 0 heterocycles. The number of rotatable bonds is 10. The van der Waals surface area contributed by atoms with Crippen molar-refractivity contribution in [1.29, 1.82) is 0 Å². The van der Waals surface area contributed by atoms with Gasteiger partial charge in [0.05, 0.1) is 6.10 Å². The van der Waals surface area contributed by atoms with E-state index in [-0.39, 0.29) is 17.9 Å². The molecule has 174 valence electrons. The molecule has 0 saturated carbocycles. The minimum Gasteiger partial charge on any atom is -0.491 e. The first-order valence-corrected chi connectivity index (χ1v) is 11.7. The minimum absolute atomic E-state index is 0.0965. The maximum atomic E-state index is 12.5. The molecule has 1 amide bonds. The normalized spacial score (nSPS) is 11.8. The van der Waals surface area contributed by atoms with Crippen molar-refractivity contribution in [2.75, 3.05) is 25.5 Å². The van der Waals surface area contributed by atoms with Crippen LogP contribution < -0.4 is 9.64 Å². The quantitative estimate of drug-likeness (QED) is 0.378. The van der Waals surface area contributed by atoms with Crippen molar-refractivity contribution in [3.05, 3.63) is 95.6 Å². The number of nitrogens with zero attached hydrogens (tertiary/aromatic N) is 2. The molecule has 0 aliphatic carbocycles. The number of carbonyl (C=O) groups is 1. The van der Waals surface area contributed by atoms with Crippen LogP contribution in [0.2, 0.25) is 0 Å². The lowest BCUT2D eigenvalue weighted by atomic mass is 9.88. The Kier molecular flexibility index (Phi) is 8.53. The van der Waals surface area contributed by atoms with Gasteiger partial charge in [0.1, 0.15) is 5.75 Å². The monoisotopic (exact) mass is 444 g/mol. The van der Waals surface area contributed by atoms with Crippen LogP contribution in [0.15, 0.2) is 78.9 Å². The van der Waals surface area contributed by atoms with E-state index in [0.29, 0.717) is 13.1 Å². The summed E-state index contributed by atoms with van der Waals surface area (Å²) in [5, 5.41) is 0. The van der Waals surface area contributed by atoms with Gasteiger partial charge in [0.2, 0.25) is 5.91 Å². The molecule has 1 atom stereocenters. The van der Waals surface area contributed by atoms with Gasteiger partial charge in [-0.1, -0.05) is 54.6 Å². The molecule has 0 saturated heterocycles. The summed E-state index contributed by atoms with van der Waals surface area (Å²) in [5.74, 6) is 1.18. The summed E-state index contributed by atoms with van der Waals surface area (Å²) in [6.07, 6.45) is 1.00. The Balaban J connectivity index is 1.76. The Hall–Kier alpha value is -3.27. The molecule has 0 aliphatic heterocycles. The Labute approximate surface area is 198 Å². The van der Waals surface area contributed by atoms with E-state index in [1.165, 1.54) is 11.1 Å². The van der Waals surface area contributed by atoms with Gasteiger partial charge in [0.25, 0.3) is 0 Å². The van der Waals surface area contributed by atoms with Crippen molar-refractivity contribution in [1.82, 2.24) is 4.90 Å². The summed E-state index contributed by atoms with van der Waals surface area (Å²) in [4.78, 5) is 16.5. The van der Waals surface area contributed by atoms with E-state index in [1.807, 2.05) is 51.0 Å². The summed E-state index contributed by atoms with van der Waals surface area (Å²) >= 11 is 0. The van der Waals surface area contributed by atoms with Crippen molar-refractivity contribution in [3.63, 3.8) is 0 Å². The number of amides is 1. The van der Waals surface area contributed by atoms with Gasteiger partial charge in [-0.05, 0) is 61.2 Å². The molecule has 0 N–H and O–H groups in total. The van der Waals surface area contributed by atoms with Crippen molar-refractivity contribution in [3.8, 4) is 5.75 Å². The van der Waals surface area contributed by atoms with Crippen LogP contribution in [0.1, 0.15) is 49.8 Å². The second-order valence-electron chi connectivity index (χ2n) is 8.99. The molecule has 3 aromatic rings. The smallest absolute Gasteiger partial charge is 0.219 e. The Morgan fingerprint density at radius 1 is 0.848 bits per heavy atom. The van der Waals surface area contributed by atoms with Crippen molar-refractivity contribution >= 4 is 11.6 Å². The van der Waals surface area contributed by atoms with E-state index < -0.39 is 0 Å². The SMILES string of the molecule is CC(=O)N(CC[C@H](c1ccccc1)c1ccc(OC(C)C)cc1)Cc1ccc(N(C)C)cc1. The summed E-state index contributed by atoms with van der Waals surface area (Å²) in [7, 11) is 4.06. The van der Waals surface area contributed by atoms with E-state index in [1.54, 1.807) is 6.92 Å². The largest absolute Gasteiger partial charge is 0.491 e. The fourth-order valence-electron chi connectivity index (χ4n) is 4.01. The van der Waals surface area contributed by atoms with Gasteiger partial charge in [-0.25, -0.2) is 0 Å². The summed E-state index contributed by atoms with van der Waals surface area (Å²) < 4.78 is 5.82. The van der Waals surface area contributed by atoms with Crippen LogP contribution in [0.5, 0.6) is 5.75 Å². The molecule has 0 aliphatic rings. The number of hydrogen-bond donors (Lipinski definition) is 0. The second-order valence-corrected chi connectivity index (χ2v) is 8.99. The minimum atomic E-state index is 0.0965. The predicted octanol–water partition coefficient (Wildman–Crippen LogP) is 6.11. The second kappa shape index (κ2) is 11.6. The first kappa shape index (κ1) is 24.4. The highest BCUT2D eigenvalue weighted by Gasteiger charge is 2.18. The lowest BCUT2D eigenvalue weighted by molar-refractivity contribution is -0.129. The molecular formula is C29H36N2O2. The van der Waals surface area contributed by atoms with Crippen LogP contribution in [0, 0.1) is 0 Å². The highest BCUT2D eigenvalue weighted by molar-refractivity contribution is 5.73. The average Bonchev–Trinajstić information content (AvgIpc) is 2.80. The molecule has 33 heavy (non-hydrogen) atoms. The summed E-state index contributed by atoms with van der Waals surface area (Å²) in [6.45, 7) is 7.03. The van der Waals surface area contributed by atoms with Crippen molar-refractivity contribution in [2.45, 2.75) is 45.8 Å². The molecule has 0 aromatic heterocycles. The van der Waals surface area contributed by atoms with Crippen LogP contribution >= 0.6 is 0 Å². The number of benzene rings is 3. The molecule has 0 unspecified atom stereocenters. The Morgan fingerprint density at radius 3 is 2.00 bits per heavy atom. The number of carbonyl (C=O) groups excluding carboxylic acids is 1. The highest BCUT2D eigenvalue weighted by Crippen LogP contribution is 2.30. The zero-order chi connectivity index (χ0) is 23.8. The van der Waals surface area contributed by atoms with Crippen LogP contribution in [0.3, 0.4) is 0 Å². The summed E-state index contributed by atoms with van der Waals surface area (Å²) in [6, 6.07) is 27.3. The fraction of sp³-hybridized carbons (Fsp3) is 0.345. The maximum Gasteiger partial charge on any atom is 0.219 e. The third-order valence-electron chi connectivity index (χ3n) is 5.82. The van der Waals surface area contributed by atoms with E-state index in [2.05, 4.69) is 65.6 Å². The lowest BCUT2D eigenvalue weighted by Crippen LogP contribution is -2.30. The molecule has 3 aromatic carbocycles. The van der Waals surface area contributed by atoms with Crippen LogP contribution in [0.4, 0.5) is 5.69 Å². The Morgan fingerprint density at radius 2 is 1.45 bits per heavy atom. The van der Waals surface area contributed by atoms with E-state index in [0.717, 1.165) is 23.4 Å². The molecule has 0 bridgehead atoms. The highest BCUT2D eigenvalue weighted by atomic mass is 16.5. The maximum absolute atomic E-state index is 12.5. The topological polar surface area (TPSA) is 32.8 Å². The lowest BCUT2D eigenvalue weighted by Gasteiger charge is -2.26. The number of ether oxygens (including phenoxy) is 1. The van der Waals surface area contributed by atoms with Gasteiger partial charge in [-0.3, -0.25) is 4.79 Å². The third kappa shape index (κ3) is 7.11. The van der Waals surface area contributed by atoms with Gasteiger partial charge in [-0.15, -0.1) is 0 Å². The molecule has 0 fully saturated rings. The van der Waals surface area contributed by atoms with E-state index in [9.17, 15) is 4.79 Å². The number of hydrogen-bond acceptors (Lipinski definition) is 3. The van der Waals surface area contributed by atoms with Crippen LogP contribution in [-0.2, 0) is 11.3 Å². The van der Waals surface area contributed by atoms with Crippen molar-refractivity contribution in [2.24, 2.45) is 0 Å². The number of anilines is 1. The molecule has 4 nitrogen and oxygen atoms in total. The van der Waals surface area contributed by atoms with E-state index >= 15 is 0 Å². The van der Waals surface area contributed by atoms with Crippen molar-refractivity contribution < 1.29 is 9.53 Å². The summed E-state index contributed by atoms with van der Waals surface area (Å²) in [5.41, 5.74) is 4.79.